The number of nitrogens with one attached hydrogen (secondary N) is 1. The molecule has 0 heterocycles. The smallest absolute Gasteiger partial charge is 0.0946 e. The van der Waals surface area contributed by atoms with Crippen molar-refractivity contribution in [2.24, 2.45) is 5.73 Å². The zero-order valence-corrected chi connectivity index (χ0v) is 5.65. The van der Waals surface area contributed by atoms with E-state index in [1.54, 1.807) is 0 Å². The van der Waals surface area contributed by atoms with E-state index >= 15 is 0 Å². The maximum Gasteiger partial charge on any atom is 0.0946 e. The van der Waals surface area contributed by atoms with E-state index in [1.165, 1.54) is 0 Å². The van der Waals surface area contributed by atoms with Gasteiger partial charge >= 0.3 is 0 Å². The van der Waals surface area contributed by atoms with Gasteiger partial charge in [0.2, 0.25) is 0 Å². The predicted octanol–water partition coefficient (Wildman–Crippen LogP) is 1.10. The van der Waals surface area contributed by atoms with Gasteiger partial charge in [-0.15, -0.1) is 0 Å². The first-order valence-corrected chi connectivity index (χ1v) is 3.04. The van der Waals surface area contributed by atoms with Crippen molar-refractivity contribution in [3.8, 4) is 0 Å². The van der Waals surface area contributed by atoms with Gasteiger partial charge < -0.3 is 11.1 Å². The van der Waals surface area contributed by atoms with Crippen LogP contribution in [0.1, 0.15) is 19.8 Å². The number of halogens is 1. The topological polar surface area (TPSA) is 49.9 Å². The van der Waals surface area contributed by atoms with Gasteiger partial charge in [-0.3, -0.25) is 4.39 Å². The minimum absolute atomic E-state index is 0.0101. The third kappa shape index (κ3) is 5.43. The zero-order chi connectivity index (χ0) is 7.28. The maximum atomic E-state index is 11.5. The van der Waals surface area contributed by atoms with Crippen LogP contribution in [0.3, 0.4) is 0 Å². The van der Waals surface area contributed by atoms with Crippen LogP contribution in [0.5, 0.6) is 0 Å². The maximum absolute atomic E-state index is 11.5. The minimum Gasteiger partial charge on any atom is -0.328 e. The van der Waals surface area contributed by atoms with Crippen molar-refractivity contribution in [3.63, 3.8) is 0 Å². The Balaban J connectivity index is 3.27. The number of nitrogens with two attached hydrogens (primary N) is 1. The van der Waals surface area contributed by atoms with Gasteiger partial charge in [-0.25, -0.2) is 0 Å². The molecule has 1 atom stereocenters. The molecule has 0 aromatic heterocycles. The van der Waals surface area contributed by atoms with Crippen LogP contribution in [0.4, 0.5) is 4.39 Å². The molecule has 0 aromatic carbocycles. The van der Waals surface area contributed by atoms with Crippen LogP contribution < -0.4 is 5.73 Å². The van der Waals surface area contributed by atoms with Gasteiger partial charge in [0.25, 0.3) is 0 Å². The second-order valence-electron chi connectivity index (χ2n) is 2.22. The van der Waals surface area contributed by atoms with Crippen LogP contribution in [0.15, 0.2) is 0 Å². The van der Waals surface area contributed by atoms with Crippen LogP contribution >= 0.6 is 0 Å². The first-order valence-electron chi connectivity index (χ1n) is 3.04. The first-order chi connectivity index (χ1) is 4.16. The van der Waals surface area contributed by atoms with Crippen molar-refractivity contribution in [2.75, 3.05) is 6.67 Å². The molecule has 0 amide bonds. The Bertz CT molecular complexity index is 91.1. The number of rotatable bonds is 4. The quantitative estimate of drug-likeness (QED) is 0.553. The first kappa shape index (κ1) is 8.56. The van der Waals surface area contributed by atoms with E-state index in [0.717, 1.165) is 0 Å². The van der Waals surface area contributed by atoms with E-state index in [1.807, 2.05) is 6.92 Å². The number of hydrogen-bond donors (Lipinski definition) is 2. The van der Waals surface area contributed by atoms with Gasteiger partial charge in [-0.1, -0.05) is 0 Å². The Kier molecular flexibility index (Phi) is 4.22. The molecule has 0 fully saturated rings. The fourth-order valence-electron chi connectivity index (χ4n) is 0.605. The van der Waals surface area contributed by atoms with Gasteiger partial charge in [-0.05, 0) is 13.3 Å². The molecule has 0 aromatic rings. The Morgan fingerprint density at radius 1 is 1.78 bits per heavy atom. The Hall–Kier alpha value is -0.440. The van der Waals surface area contributed by atoms with Crippen LogP contribution in [0.2, 0.25) is 0 Å². The van der Waals surface area contributed by atoms with Gasteiger partial charge in [-0.2, -0.15) is 0 Å². The SMILES string of the molecule is C[C@H](N)CC(=N)CCF. The standard InChI is InChI=1S/C6H13FN2/c1-5(8)4-6(9)2-3-7/h5,9H,2-4,8H2,1H3/t5-/m0/s1. The summed E-state index contributed by atoms with van der Waals surface area (Å²) in [6.07, 6.45) is 0.755. The van der Waals surface area contributed by atoms with Crippen molar-refractivity contribution < 1.29 is 4.39 Å². The molecule has 0 radical (unpaired) electrons. The number of hydrogen-bond acceptors (Lipinski definition) is 2. The fraction of sp³-hybridized carbons (Fsp3) is 0.833. The summed E-state index contributed by atoms with van der Waals surface area (Å²) >= 11 is 0. The van der Waals surface area contributed by atoms with Gasteiger partial charge in [0.05, 0.1) is 6.67 Å². The molecule has 2 nitrogen and oxygen atoms in total. The summed E-state index contributed by atoms with van der Waals surface area (Å²) in [5.74, 6) is 0. The summed E-state index contributed by atoms with van der Waals surface area (Å²) in [6, 6.07) is -0.0101. The second-order valence-corrected chi connectivity index (χ2v) is 2.22. The van der Waals surface area contributed by atoms with Gasteiger partial charge in [0, 0.05) is 18.2 Å². The molecule has 3 N–H and O–H groups in total. The third-order valence-electron chi connectivity index (χ3n) is 0.965. The lowest BCUT2D eigenvalue weighted by molar-refractivity contribution is 0.505. The monoisotopic (exact) mass is 132 g/mol. The van der Waals surface area contributed by atoms with Crippen LogP contribution in [-0.4, -0.2) is 18.4 Å². The molecule has 9 heavy (non-hydrogen) atoms. The molecule has 0 aliphatic rings. The highest BCUT2D eigenvalue weighted by Gasteiger charge is 1.99. The summed E-state index contributed by atoms with van der Waals surface area (Å²) in [5, 5.41) is 7.10. The summed E-state index contributed by atoms with van der Waals surface area (Å²) < 4.78 is 11.5. The van der Waals surface area contributed by atoms with E-state index in [-0.39, 0.29) is 12.5 Å². The second kappa shape index (κ2) is 4.44. The molecule has 0 rings (SSSR count). The molecule has 0 unspecified atom stereocenters. The number of alkyl halides is 1. The molecule has 0 spiro atoms. The molecule has 54 valence electrons. The summed E-state index contributed by atoms with van der Waals surface area (Å²) in [5.41, 5.74) is 5.77. The van der Waals surface area contributed by atoms with E-state index < -0.39 is 6.67 Å². The average molecular weight is 132 g/mol. The van der Waals surface area contributed by atoms with Gasteiger partial charge in [0.1, 0.15) is 0 Å². The van der Waals surface area contributed by atoms with Crippen LogP contribution in [0, 0.1) is 5.41 Å². The molecule has 0 saturated heterocycles. The lowest BCUT2D eigenvalue weighted by atomic mass is 10.1. The zero-order valence-electron chi connectivity index (χ0n) is 5.65. The molecular weight excluding hydrogens is 119 g/mol. The average Bonchev–Trinajstić information content (AvgIpc) is 1.63. The predicted molar refractivity (Wildman–Crippen MR) is 36.6 cm³/mol. The minimum atomic E-state index is -0.439. The van der Waals surface area contributed by atoms with Crippen molar-refractivity contribution >= 4 is 5.71 Å². The molecule has 0 saturated carbocycles. The molecule has 0 bridgehead atoms. The highest BCUT2D eigenvalue weighted by Crippen LogP contribution is 1.93. The van der Waals surface area contributed by atoms with E-state index in [9.17, 15) is 4.39 Å². The summed E-state index contributed by atoms with van der Waals surface area (Å²) in [4.78, 5) is 0. The van der Waals surface area contributed by atoms with Crippen molar-refractivity contribution in [1.82, 2.24) is 0 Å². The van der Waals surface area contributed by atoms with Crippen molar-refractivity contribution in [2.45, 2.75) is 25.8 Å². The molecule has 0 aliphatic carbocycles. The highest BCUT2D eigenvalue weighted by molar-refractivity contribution is 5.81. The molecular formula is C6H13FN2. The Morgan fingerprint density at radius 2 is 2.33 bits per heavy atom. The van der Waals surface area contributed by atoms with Crippen LogP contribution in [-0.2, 0) is 0 Å². The van der Waals surface area contributed by atoms with Crippen LogP contribution in [0.25, 0.3) is 0 Å². The highest BCUT2D eigenvalue weighted by atomic mass is 19.1. The lowest BCUT2D eigenvalue weighted by Gasteiger charge is -2.03. The fourth-order valence-corrected chi connectivity index (χ4v) is 0.605. The lowest BCUT2D eigenvalue weighted by Crippen LogP contribution is -2.19. The Morgan fingerprint density at radius 3 is 2.67 bits per heavy atom. The van der Waals surface area contributed by atoms with E-state index in [0.29, 0.717) is 12.1 Å². The van der Waals surface area contributed by atoms with Crippen molar-refractivity contribution in [3.05, 3.63) is 0 Å². The summed E-state index contributed by atoms with van der Waals surface area (Å²) in [6.45, 7) is 1.37. The molecule has 3 heteroatoms. The normalized spacial score (nSPS) is 13.2. The molecule has 0 aliphatic heterocycles. The largest absolute Gasteiger partial charge is 0.328 e. The third-order valence-corrected chi connectivity index (χ3v) is 0.965. The van der Waals surface area contributed by atoms with E-state index in [2.05, 4.69) is 0 Å². The summed E-state index contributed by atoms with van der Waals surface area (Å²) in [7, 11) is 0. The van der Waals surface area contributed by atoms with E-state index in [4.69, 9.17) is 11.1 Å². The van der Waals surface area contributed by atoms with Crippen molar-refractivity contribution in [1.29, 1.82) is 5.41 Å². The van der Waals surface area contributed by atoms with Gasteiger partial charge in [0.15, 0.2) is 0 Å². The Labute approximate surface area is 54.8 Å².